The van der Waals surface area contributed by atoms with Crippen LogP contribution in [0.4, 0.5) is 0 Å². The van der Waals surface area contributed by atoms with Crippen molar-refractivity contribution in [3.8, 4) is 6.07 Å². The minimum atomic E-state index is 0.628. The summed E-state index contributed by atoms with van der Waals surface area (Å²) in [6, 6.07) is 13.1. The van der Waals surface area contributed by atoms with Gasteiger partial charge in [-0.1, -0.05) is 30.3 Å². The standard InChI is InChI=1S/C16H15NS/c1-11-15(10-17)14-8-7-13(9-16(14)18-11)12-5-3-2-4-6-12/h2-6,13H,7-9H2,1H3. The molecule has 0 aliphatic heterocycles. The van der Waals surface area contributed by atoms with Gasteiger partial charge in [-0.3, -0.25) is 0 Å². The first kappa shape index (κ1) is 11.5. The predicted octanol–water partition coefficient (Wildman–Crippen LogP) is 4.20. The van der Waals surface area contributed by atoms with Crippen LogP contribution in [0.3, 0.4) is 0 Å². The first-order chi connectivity index (χ1) is 8.79. The second kappa shape index (κ2) is 4.59. The summed E-state index contributed by atoms with van der Waals surface area (Å²) in [4.78, 5) is 2.63. The van der Waals surface area contributed by atoms with E-state index in [0.717, 1.165) is 18.4 Å². The summed E-state index contributed by atoms with van der Waals surface area (Å²) in [5.41, 5.74) is 3.71. The highest BCUT2D eigenvalue weighted by Gasteiger charge is 2.25. The molecule has 3 rings (SSSR count). The fourth-order valence-corrected chi connectivity index (χ4v) is 4.13. The molecule has 90 valence electrons. The quantitative estimate of drug-likeness (QED) is 0.747. The maximum Gasteiger partial charge on any atom is 0.101 e. The molecular weight excluding hydrogens is 238 g/mol. The number of rotatable bonds is 1. The van der Waals surface area contributed by atoms with E-state index in [2.05, 4.69) is 43.3 Å². The zero-order chi connectivity index (χ0) is 12.5. The Morgan fingerprint density at radius 3 is 2.78 bits per heavy atom. The molecule has 0 radical (unpaired) electrons. The second-order valence-corrected chi connectivity index (χ2v) is 6.21. The Balaban J connectivity index is 1.93. The van der Waals surface area contributed by atoms with Crippen LogP contribution in [0, 0.1) is 18.3 Å². The van der Waals surface area contributed by atoms with E-state index in [1.807, 2.05) is 11.3 Å². The molecule has 1 aliphatic carbocycles. The molecule has 1 aromatic carbocycles. The van der Waals surface area contributed by atoms with Gasteiger partial charge in [0.2, 0.25) is 0 Å². The lowest BCUT2D eigenvalue weighted by Crippen LogP contribution is -2.11. The van der Waals surface area contributed by atoms with Crippen molar-refractivity contribution in [3.63, 3.8) is 0 Å². The van der Waals surface area contributed by atoms with Crippen LogP contribution in [-0.2, 0) is 12.8 Å². The molecule has 2 heteroatoms. The summed E-state index contributed by atoms with van der Waals surface area (Å²) in [6.45, 7) is 2.07. The van der Waals surface area contributed by atoms with E-state index < -0.39 is 0 Å². The molecular formula is C16H15NS. The monoisotopic (exact) mass is 253 g/mol. The Labute approximate surface area is 112 Å². The van der Waals surface area contributed by atoms with Crippen molar-refractivity contribution in [2.45, 2.75) is 32.1 Å². The molecule has 0 amide bonds. The molecule has 1 aliphatic rings. The largest absolute Gasteiger partial charge is 0.192 e. The lowest BCUT2D eigenvalue weighted by molar-refractivity contribution is 0.592. The molecule has 2 aromatic rings. The summed E-state index contributed by atoms with van der Waals surface area (Å²) in [6.07, 6.45) is 3.33. The van der Waals surface area contributed by atoms with Gasteiger partial charge in [0.05, 0.1) is 5.56 Å². The number of hydrogen-bond donors (Lipinski definition) is 0. The van der Waals surface area contributed by atoms with Crippen LogP contribution in [0.15, 0.2) is 30.3 Å². The Morgan fingerprint density at radius 2 is 2.06 bits per heavy atom. The van der Waals surface area contributed by atoms with Gasteiger partial charge in [-0.2, -0.15) is 5.26 Å². The average Bonchev–Trinajstić information content (AvgIpc) is 2.74. The summed E-state index contributed by atoms with van der Waals surface area (Å²) in [5, 5.41) is 9.20. The third kappa shape index (κ3) is 1.85. The Kier molecular flexibility index (Phi) is 2.93. The summed E-state index contributed by atoms with van der Waals surface area (Å²) in [5.74, 6) is 0.628. The Hall–Kier alpha value is -1.59. The van der Waals surface area contributed by atoms with Crippen LogP contribution in [-0.4, -0.2) is 0 Å². The van der Waals surface area contributed by atoms with Crippen molar-refractivity contribution in [3.05, 3.63) is 56.8 Å². The molecule has 1 heterocycles. The zero-order valence-electron chi connectivity index (χ0n) is 10.4. The second-order valence-electron chi connectivity index (χ2n) is 4.90. The SMILES string of the molecule is Cc1sc2c(c1C#N)CCC(c1ccccc1)C2. The minimum absolute atomic E-state index is 0.628. The number of benzene rings is 1. The third-order valence-electron chi connectivity index (χ3n) is 3.82. The van der Waals surface area contributed by atoms with Gasteiger partial charge in [-0.15, -0.1) is 11.3 Å². The Bertz CT molecular complexity index is 604. The number of hydrogen-bond acceptors (Lipinski definition) is 2. The lowest BCUT2D eigenvalue weighted by Gasteiger charge is -2.22. The van der Waals surface area contributed by atoms with Crippen LogP contribution >= 0.6 is 11.3 Å². The molecule has 1 atom stereocenters. The van der Waals surface area contributed by atoms with Gasteiger partial charge in [0.15, 0.2) is 0 Å². The van der Waals surface area contributed by atoms with Crippen LogP contribution in [0.2, 0.25) is 0 Å². The molecule has 0 saturated heterocycles. The first-order valence-electron chi connectivity index (χ1n) is 6.35. The predicted molar refractivity (Wildman–Crippen MR) is 75.0 cm³/mol. The van der Waals surface area contributed by atoms with Crippen LogP contribution < -0.4 is 0 Å². The molecule has 0 fully saturated rings. The number of thiophene rings is 1. The van der Waals surface area contributed by atoms with E-state index in [1.165, 1.54) is 27.3 Å². The molecule has 0 saturated carbocycles. The van der Waals surface area contributed by atoms with E-state index in [9.17, 15) is 5.26 Å². The van der Waals surface area contributed by atoms with Gasteiger partial charge >= 0.3 is 0 Å². The zero-order valence-corrected chi connectivity index (χ0v) is 11.3. The minimum Gasteiger partial charge on any atom is -0.192 e. The van der Waals surface area contributed by atoms with Crippen LogP contribution in [0.25, 0.3) is 0 Å². The van der Waals surface area contributed by atoms with Crippen molar-refractivity contribution in [2.75, 3.05) is 0 Å². The Morgan fingerprint density at radius 1 is 1.28 bits per heavy atom. The average molecular weight is 253 g/mol. The highest BCUT2D eigenvalue weighted by Crippen LogP contribution is 2.39. The molecule has 0 spiro atoms. The maximum atomic E-state index is 9.20. The smallest absolute Gasteiger partial charge is 0.101 e. The van der Waals surface area contributed by atoms with Gasteiger partial charge in [-0.25, -0.2) is 0 Å². The van der Waals surface area contributed by atoms with Gasteiger partial charge in [0, 0.05) is 9.75 Å². The number of fused-ring (bicyclic) bond motifs is 1. The van der Waals surface area contributed by atoms with E-state index in [-0.39, 0.29) is 0 Å². The van der Waals surface area contributed by atoms with E-state index >= 15 is 0 Å². The van der Waals surface area contributed by atoms with E-state index in [0.29, 0.717) is 5.92 Å². The molecule has 1 nitrogen and oxygen atoms in total. The van der Waals surface area contributed by atoms with Gasteiger partial charge in [0.25, 0.3) is 0 Å². The highest BCUT2D eigenvalue weighted by atomic mass is 32.1. The molecule has 0 bridgehead atoms. The number of aryl methyl sites for hydroxylation is 1. The highest BCUT2D eigenvalue weighted by molar-refractivity contribution is 7.12. The molecule has 0 N–H and O–H groups in total. The summed E-state index contributed by atoms with van der Waals surface area (Å²) in [7, 11) is 0. The van der Waals surface area contributed by atoms with Crippen molar-refractivity contribution in [1.29, 1.82) is 5.26 Å². The molecule has 1 unspecified atom stereocenters. The maximum absolute atomic E-state index is 9.20. The molecule has 18 heavy (non-hydrogen) atoms. The van der Waals surface area contributed by atoms with Gasteiger partial charge < -0.3 is 0 Å². The summed E-state index contributed by atoms with van der Waals surface area (Å²) < 4.78 is 0. The fourth-order valence-electron chi connectivity index (χ4n) is 2.88. The number of nitrogens with zero attached hydrogens (tertiary/aromatic N) is 1. The van der Waals surface area contributed by atoms with Crippen molar-refractivity contribution < 1.29 is 0 Å². The van der Waals surface area contributed by atoms with Crippen molar-refractivity contribution in [1.82, 2.24) is 0 Å². The van der Waals surface area contributed by atoms with Crippen LogP contribution in [0.5, 0.6) is 0 Å². The topological polar surface area (TPSA) is 23.8 Å². The van der Waals surface area contributed by atoms with E-state index in [4.69, 9.17) is 0 Å². The van der Waals surface area contributed by atoms with E-state index in [1.54, 1.807) is 0 Å². The summed E-state index contributed by atoms with van der Waals surface area (Å²) >= 11 is 1.82. The number of nitriles is 1. The first-order valence-corrected chi connectivity index (χ1v) is 7.17. The normalized spacial score (nSPS) is 18.1. The molecule has 1 aromatic heterocycles. The fraction of sp³-hybridized carbons (Fsp3) is 0.312. The van der Waals surface area contributed by atoms with Crippen molar-refractivity contribution >= 4 is 11.3 Å². The lowest BCUT2D eigenvalue weighted by atomic mass is 9.83. The van der Waals surface area contributed by atoms with Crippen LogP contribution in [0.1, 0.15) is 38.8 Å². The van der Waals surface area contributed by atoms with Crippen molar-refractivity contribution in [2.24, 2.45) is 0 Å². The third-order valence-corrected chi connectivity index (χ3v) is 4.99. The van der Waals surface area contributed by atoms with Gasteiger partial charge in [0.1, 0.15) is 6.07 Å². The van der Waals surface area contributed by atoms with Gasteiger partial charge in [-0.05, 0) is 43.2 Å².